The van der Waals surface area contributed by atoms with Crippen LogP contribution in [0.2, 0.25) is 0 Å². The van der Waals surface area contributed by atoms with Gasteiger partial charge in [-0.1, -0.05) is 30.3 Å². The minimum absolute atomic E-state index is 0.134. The van der Waals surface area contributed by atoms with Gasteiger partial charge in [-0.05, 0) is 59.5 Å². The number of aryl methyl sites for hydroxylation is 1. The Hall–Kier alpha value is -3.02. The molecule has 0 spiro atoms. The highest BCUT2D eigenvalue weighted by Crippen LogP contribution is 2.31. The molecule has 0 saturated heterocycles. The fourth-order valence-corrected chi connectivity index (χ4v) is 3.37. The zero-order chi connectivity index (χ0) is 17.2. The van der Waals surface area contributed by atoms with E-state index in [9.17, 15) is 4.79 Å². The van der Waals surface area contributed by atoms with E-state index in [-0.39, 0.29) is 11.9 Å². The van der Waals surface area contributed by atoms with Gasteiger partial charge in [0.2, 0.25) is 5.91 Å². The first kappa shape index (κ1) is 15.5. The predicted molar refractivity (Wildman–Crippen MR) is 94.6 cm³/mol. The van der Waals surface area contributed by atoms with E-state index in [0.29, 0.717) is 6.42 Å². The molecular formula is C19H19N5O. The van der Waals surface area contributed by atoms with Crippen LogP contribution in [0.15, 0.2) is 54.9 Å². The molecule has 0 aliphatic carbocycles. The smallest absolute Gasteiger partial charge is 0.231 e. The highest BCUT2D eigenvalue weighted by Gasteiger charge is 2.27. The van der Waals surface area contributed by atoms with Gasteiger partial charge in [0, 0.05) is 11.7 Å². The van der Waals surface area contributed by atoms with Crippen molar-refractivity contribution in [2.45, 2.75) is 32.2 Å². The van der Waals surface area contributed by atoms with Crippen LogP contribution >= 0.6 is 0 Å². The molecule has 1 aliphatic heterocycles. The van der Waals surface area contributed by atoms with E-state index in [1.807, 2.05) is 47.4 Å². The summed E-state index contributed by atoms with van der Waals surface area (Å²) in [6.45, 7) is 2.12. The second kappa shape index (κ2) is 6.47. The minimum Gasteiger partial charge on any atom is -0.309 e. The molecule has 126 valence electrons. The lowest BCUT2D eigenvalue weighted by molar-refractivity contribution is -0.118. The molecule has 0 radical (unpaired) electrons. The highest BCUT2D eigenvalue weighted by molar-refractivity contribution is 5.96. The normalized spacial score (nSPS) is 16.5. The van der Waals surface area contributed by atoms with Gasteiger partial charge in [-0.15, -0.1) is 5.10 Å². The monoisotopic (exact) mass is 333 g/mol. The number of nitrogens with zero attached hydrogens (tertiary/aromatic N) is 5. The second-order valence-corrected chi connectivity index (χ2v) is 6.38. The Morgan fingerprint density at radius 2 is 1.96 bits per heavy atom. The molecular weight excluding hydrogens is 314 g/mol. The third-order valence-corrected chi connectivity index (χ3v) is 4.70. The molecule has 6 heteroatoms. The first-order chi connectivity index (χ1) is 12.2. The molecule has 6 nitrogen and oxygen atoms in total. The summed E-state index contributed by atoms with van der Waals surface area (Å²) in [5.74, 6) is 0.134. The molecule has 0 fully saturated rings. The fraction of sp³-hybridized carbons (Fsp3) is 0.263. The molecule has 1 aromatic heterocycles. The third kappa shape index (κ3) is 3.03. The van der Waals surface area contributed by atoms with Gasteiger partial charge in [-0.25, -0.2) is 4.68 Å². The Kier molecular flexibility index (Phi) is 4.01. The lowest BCUT2D eigenvalue weighted by Gasteiger charge is -2.35. The van der Waals surface area contributed by atoms with Crippen molar-refractivity contribution in [2.24, 2.45) is 0 Å². The highest BCUT2D eigenvalue weighted by atomic mass is 16.2. The van der Waals surface area contributed by atoms with Crippen molar-refractivity contribution in [2.75, 3.05) is 4.90 Å². The molecule has 0 bridgehead atoms. The SMILES string of the molecule is C[C@H]1CCc2ccccc2N1C(=O)Cc1ccc(-n2cnnn2)cc1. The quantitative estimate of drug-likeness (QED) is 0.739. The maximum Gasteiger partial charge on any atom is 0.231 e. The minimum atomic E-state index is 0.134. The molecule has 0 saturated carbocycles. The average molecular weight is 333 g/mol. The van der Waals surface area contributed by atoms with Crippen LogP contribution in [-0.2, 0) is 17.6 Å². The number of fused-ring (bicyclic) bond motifs is 1. The summed E-state index contributed by atoms with van der Waals surface area (Å²) in [6, 6.07) is 16.2. The fourth-order valence-electron chi connectivity index (χ4n) is 3.37. The number of carbonyl (C=O) groups is 1. The van der Waals surface area contributed by atoms with Gasteiger partial charge in [-0.2, -0.15) is 0 Å². The van der Waals surface area contributed by atoms with Gasteiger partial charge in [-0.3, -0.25) is 4.79 Å². The van der Waals surface area contributed by atoms with Crippen LogP contribution in [0.5, 0.6) is 0 Å². The van der Waals surface area contributed by atoms with Crippen LogP contribution < -0.4 is 4.90 Å². The summed E-state index contributed by atoms with van der Waals surface area (Å²) >= 11 is 0. The lowest BCUT2D eigenvalue weighted by Crippen LogP contribution is -2.42. The Morgan fingerprint density at radius 1 is 1.16 bits per heavy atom. The van der Waals surface area contributed by atoms with Crippen molar-refractivity contribution in [3.8, 4) is 5.69 Å². The van der Waals surface area contributed by atoms with E-state index < -0.39 is 0 Å². The van der Waals surface area contributed by atoms with Crippen molar-refractivity contribution >= 4 is 11.6 Å². The van der Waals surface area contributed by atoms with Crippen molar-refractivity contribution in [3.63, 3.8) is 0 Å². The number of hydrogen-bond donors (Lipinski definition) is 0. The summed E-state index contributed by atoms with van der Waals surface area (Å²) in [5, 5.41) is 11.1. The number of amides is 1. The van der Waals surface area contributed by atoms with Crippen molar-refractivity contribution in [1.29, 1.82) is 0 Å². The number of hydrogen-bond acceptors (Lipinski definition) is 4. The molecule has 25 heavy (non-hydrogen) atoms. The second-order valence-electron chi connectivity index (χ2n) is 6.38. The van der Waals surface area contributed by atoms with Gasteiger partial charge in [0.25, 0.3) is 0 Å². The zero-order valence-electron chi connectivity index (χ0n) is 14.0. The number of para-hydroxylation sites is 1. The van der Waals surface area contributed by atoms with E-state index in [1.54, 1.807) is 11.0 Å². The van der Waals surface area contributed by atoms with Gasteiger partial charge >= 0.3 is 0 Å². The maximum absolute atomic E-state index is 12.9. The molecule has 0 unspecified atom stereocenters. The number of aromatic nitrogens is 4. The summed E-state index contributed by atoms with van der Waals surface area (Å²) < 4.78 is 1.59. The van der Waals surface area contributed by atoms with Gasteiger partial charge in [0.15, 0.2) is 0 Å². The van der Waals surface area contributed by atoms with E-state index in [1.165, 1.54) is 5.56 Å². The molecule has 3 aromatic rings. The topological polar surface area (TPSA) is 63.9 Å². The molecule has 1 amide bonds. The predicted octanol–water partition coefficient (Wildman–Crippen LogP) is 2.57. The first-order valence-corrected chi connectivity index (χ1v) is 8.44. The third-order valence-electron chi connectivity index (χ3n) is 4.70. The molecule has 1 aliphatic rings. The Morgan fingerprint density at radius 3 is 2.72 bits per heavy atom. The van der Waals surface area contributed by atoms with Crippen LogP contribution in [-0.4, -0.2) is 32.2 Å². The van der Waals surface area contributed by atoms with E-state index in [2.05, 4.69) is 28.5 Å². The number of carbonyl (C=O) groups excluding carboxylic acids is 1. The number of tetrazole rings is 1. The summed E-state index contributed by atoms with van der Waals surface area (Å²) in [4.78, 5) is 14.9. The number of benzene rings is 2. The van der Waals surface area contributed by atoms with Crippen LogP contribution in [0.25, 0.3) is 5.69 Å². The zero-order valence-corrected chi connectivity index (χ0v) is 14.0. The van der Waals surface area contributed by atoms with E-state index >= 15 is 0 Å². The Labute approximate surface area is 146 Å². The van der Waals surface area contributed by atoms with Crippen LogP contribution in [0.3, 0.4) is 0 Å². The Balaban J connectivity index is 1.54. The summed E-state index contributed by atoms with van der Waals surface area (Å²) in [6.07, 6.45) is 3.96. The van der Waals surface area contributed by atoms with Crippen molar-refractivity contribution < 1.29 is 4.79 Å². The Bertz CT molecular complexity index is 873. The standard InChI is InChI=1S/C19H19N5O/c1-14-6-9-16-4-2-3-5-18(16)24(14)19(25)12-15-7-10-17(11-8-15)23-13-20-21-22-23/h2-5,7-8,10-11,13-14H,6,9,12H2,1H3/t14-/m0/s1. The van der Waals surface area contributed by atoms with Crippen molar-refractivity contribution in [3.05, 3.63) is 66.0 Å². The van der Waals surface area contributed by atoms with Crippen LogP contribution in [0.1, 0.15) is 24.5 Å². The maximum atomic E-state index is 12.9. The van der Waals surface area contributed by atoms with E-state index in [4.69, 9.17) is 0 Å². The van der Waals surface area contributed by atoms with Crippen LogP contribution in [0.4, 0.5) is 5.69 Å². The number of rotatable bonds is 3. The van der Waals surface area contributed by atoms with Gasteiger partial charge in [0.1, 0.15) is 6.33 Å². The lowest BCUT2D eigenvalue weighted by atomic mass is 9.96. The molecule has 4 rings (SSSR count). The van der Waals surface area contributed by atoms with Crippen molar-refractivity contribution in [1.82, 2.24) is 20.2 Å². The average Bonchev–Trinajstić information content (AvgIpc) is 3.17. The van der Waals surface area contributed by atoms with E-state index in [0.717, 1.165) is 29.8 Å². The largest absolute Gasteiger partial charge is 0.309 e. The van der Waals surface area contributed by atoms with Gasteiger partial charge in [0.05, 0.1) is 12.1 Å². The molecule has 1 atom stereocenters. The number of anilines is 1. The molecule has 0 N–H and O–H groups in total. The summed E-state index contributed by atoms with van der Waals surface area (Å²) in [5.41, 5.74) is 4.16. The summed E-state index contributed by atoms with van der Waals surface area (Å²) in [7, 11) is 0. The van der Waals surface area contributed by atoms with Crippen LogP contribution in [0, 0.1) is 0 Å². The molecule has 2 heterocycles. The van der Waals surface area contributed by atoms with Gasteiger partial charge < -0.3 is 4.90 Å². The first-order valence-electron chi connectivity index (χ1n) is 8.44. The molecule has 2 aromatic carbocycles.